The lowest BCUT2D eigenvalue weighted by molar-refractivity contribution is -0.946. The number of rotatable bonds is 10. The van der Waals surface area contributed by atoms with Crippen LogP contribution in [0.2, 0.25) is 0 Å². The molecular formula is C32H36N2O5. The van der Waals surface area contributed by atoms with Crippen molar-refractivity contribution < 1.29 is 28.7 Å². The van der Waals surface area contributed by atoms with E-state index in [4.69, 9.17) is 9.47 Å². The van der Waals surface area contributed by atoms with Crippen molar-refractivity contribution >= 4 is 11.9 Å². The van der Waals surface area contributed by atoms with Crippen LogP contribution in [0.15, 0.2) is 84.9 Å². The van der Waals surface area contributed by atoms with E-state index in [1.807, 2.05) is 12.1 Å². The van der Waals surface area contributed by atoms with Gasteiger partial charge in [-0.2, -0.15) is 0 Å². The van der Waals surface area contributed by atoms with E-state index in [2.05, 4.69) is 5.32 Å². The highest BCUT2D eigenvalue weighted by Gasteiger charge is 2.48. The van der Waals surface area contributed by atoms with Crippen LogP contribution in [0.5, 0.6) is 5.75 Å². The van der Waals surface area contributed by atoms with Gasteiger partial charge < -0.3 is 24.4 Å². The topological polar surface area (TPSA) is 87.7 Å². The van der Waals surface area contributed by atoms with Crippen molar-refractivity contribution in [2.24, 2.45) is 5.92 Å². The van der Waals surface area contributed by atoms with Gasteiger partial charge in [0, 0.05) is 42.9 Å². The maximum atomic E-state index is 14.3. The molecule has 3 aromatic rings. The SMILES string of the molecule is COc1ccc(C(=O)NCCC[N+]23CCC(CC2)C(OC(=O)C([O-])(c2ccccc2)c2ccccc2)C3)cc1. The first kappa shape index (κ1) is 26.9. The van der Waals surface area contributed by atoms with Gasteiger partial charge in [-0.25, -0.2) is 0 Å². The maximum Gasteiger partial charge on any atom is 0.304 e. The number of esters is 1. The molecule has 3 saturated heterocycles. The highest BCUT2D eigenvalue weighted by atomic mass is 16.6. The number of carbonyl (C=O) groups excluding carboxylic acids is 2. The molecule has 3 aromatic carbocycles. The third kappa shape index (κ3) is 5.70. The Morgan fingerprint density at radius 2 is 1.51 bits per heavy atom. The molecule has 0 saturated carbocycles. The average molecular weight is 529 g/mol. The first-order valence-electron chi connectivity index (χ1n) is 13.7. The molecule has 0 spiro atoms. The lowest BCUT2D eigenvalue weighted by atomic mass is 9.82. The fraction of sp³-hybridized carbons (Fsp3) is 0.375. The van der Waals surface area contributed by atoms with E-state index in [1.54, 1.807) is 79.9 Å². The van der Waals surface area contributed by atoms with Crippen LogP contribution < -0.4 is 15.2 Å². The summed E-state index contributed by atoms with van der Waals surface area (Å²) in [5.74, 6) is 0.159. The number of nitrogens with zero attached hydrogens (tertiary/aromatic N) is 1. The molecule has 0 aromatic heterocycles. The summed E-state index contributed by atoms with van der Waals surface area (Å²) in [5, 5.41) is 17.3. The number of methoxy groups -OCH3 is 1. The monoisotopic (exact) mass is 528 g/mol. The van der Waals surface area contributed by atoms with Gasteiger partial charge in [-0.05, 0) is 35.4 Å². The molecule has 1 N–H and O–H groups in total. The summed E-state index contributed by atoms with van der Waals surface area (Å²) in [6.07, 6.45) is 2.49. The van der Waals surface area contributed by atoms with Crippen LogP contribution in [0.1, 0.15) is 40.7 Å². The molecule has 6 rings (SSSR count). The van der Waals surface area contributed by atoms with Crippen molar-refractivity contribution in [2.45, 2.75) is 31.0 Å². The standard InChI is InChI=1S/C32H36N2O5/c1-38-28-15-13-25(14-16-28)30(35)33-19-8-20-34-21-17-24(18-22-34)29(23-34)39-31(36)32(37,26-9-4-2-5-10-26)27-11-6-3-7-12-27/h2-7,9-16,24,29H,8,17-23H2,1H3,(H,33,35). The highest BCUT2D eigenvalue weighted by Crippen LogP contribution is 2.37. The molecule has 39 heavy (non-hydrogen) atoms. The first-order valence-corrected chi connectivity index (χ1v) is 13.7. The smallest absolute Gasteiger partial charge is 0.304 e. The molecule has 3 fully saturated rings. The van der Waals surface area contributed by atoms with Gasteiger partial charge in [0.2, 0.25) is 0 Å². The molecule has 7 nitrogen and oxygen atoms in total. The normalized spacial score (nSPS) is 22.2. The van der Waals surface area contributed by atoms with Gasteiger partial charge in [0.1, 0.15) is 12.3 Å². The van der Waals surface area contributed by atoms with Gasteiger partial charge >= 0.3 is 5.97 Å². The van der Waals surface area contributed by atoms with Crippen molar-refractivity contribution in [3.8, 4) is 5.75 Å². The van der Waals surface area contributed by atoms with E-state index >= 15 is 0 Å². The Hall–Kier alpha value is -3.68. The van der Waals surface area contributed by atoms with E-state index in [0.717, 1.165) is 43.4 Å². The average Bonchev–Trinajstić information content (AvgIpc) is 3.00. The summed E-state index contributed by atoms with van der Waals surface area (Å²) in [7, 11) is 1.60. The number of hydrogen-bond acceptors (Lipinski definition) is 5. The predicted molar refractivity (Wildman–Crippen MR) is 146 cm³/mol. The fourth-order valence-corrected chi connectivity index (χ4v) is 6.10. The molecule has 1 amide bonds. The summed E-state index contributed by atoms with van der Waals surface area (Å²) in [5.41, 5.74) is -0.741. The Labute approximate surface area is 230 Å². The van der Waals surface area contributed by atoms with Crippen LogP contribution in [-0.4, -0.2) is 62.3 Å². The van der Waals surface area contributed by atoms with Crippen LogP contribution in [0.25, 0.3) is 0 Å². The zero-order valence-corrected chi connectivity index (χ0v) is 22.4. The van der Waals surface area contributed by atoms with Crippen molar-refractivity contribution in [1.82, 2.24) is 5.32 Å². The Bertz CT molecular complexity index is 1220. The minimum Gasteiger partial charge on any atom is -0.834 e. The minimum atomic E-state index is -2.12. The van der Waals surface area contributed by atoms with Crippen LogP contribution in [0, 0.1) is 5.92 Å². The first-order chi connectivity index (χ1) is 18.9. The lowest BCUT2D eigenvalue weighted by Crippen LogP contribution is -2.65. The van der Waals surface area contributed by atoms with Crippen molar-refractivity contribution in [1.29, 1.82) is 0 Å². The van der Waals surface area contributed by atoms with E-state index in [0.29, 0.717) is 35.5 Å². The number of nitrogens with one attached hydrogen (secondary N) is 1. The Morgan fingerprint density at radius 3 is 2.08 bits per heavy atom. The summed E-state index contributed by atoms with van der Waals surface area (Å²) in [6, 6.07) is 24.6. The highest BCUT2D eigenvalue weighted by molar-refractivity contribution is 5.94. The number of piperidine rings is 3. The molecule has 204 valence electrons. The van der Waals surface area contributed by atoms with E-state index in [1.165, 1.54) is 0 Å². The van der Waals surface area contributed by atoms with Crippen LogP contribution in [0.3, 0.4) is 0 Å². The number of carbonyl (C=O) groups is 2. The lowest BCUT2D eigenvalue weighted by Gasteiger charge is -2.53. The Morgan fingerprint density at radius 1 is 0.923 bits per heavy atom. The molecular weight excluding hydrogens is 492 g/mol. The van der Waals surface area contributed by atoms with E-state index < -0.39 is 11.6 Å². The third-order valence-corrected chi connectivity index (χ3v) is 8.39. The minimum absolute atomic E-state index is 0.101. The molecule has 1 atom stereocenters. The van der Waals surface area contributed by atoms with Crippen molar-refractivity contribution in [2.75, 3.05) is 39.8 Å². The van der Waals surface area contributed by atoms with E-state index in [-0.39, 0.29) is 17.9 Å². The van der Waals surface area contributed by atoms with Gasteiger partial charge in [-0.1, -0.05) is 60.7 Å². The molecule has 3 aliphatic rings. The molecule has 1 unspecified atom stereocenters. The number of quaternary nitrogens is 1. The summed E-state index contributed by atoms with van der Waals surface area (Å²) < 4.78 is 12.1. The largest absolute Gasteiger partial charge is 0.834 e. The molecule has 7 heteroatoms. The second kappa shape index (κ2) is 11.6. The number of hydrogen-bond donors (Lipinski definition) is 1. The van der Waals surface area contributed by atoms with Gasteiger partial charge in [0.25, 0.3) is 5.91 Å². The molecule has 3 aliphatic heterocycles. The Balaban J connectivity index is 1.21. The third-order valence-electron chi connectivity index (χ3n) is 8.39. The second-order valence-corrected chi connectivity index (χ2v) is 10.7. The fourth-order valence-electron chi connectivity index (χ4n) is 6.10. The van der Waals surface area contributed by atoms with Gasteiger partial charge in [-0.3, -0.25) is 9.59 Å². The summed E-state index contributed by atoms with van der Waals surface area (Å²) in [6.45, 7) is 4.24. The van der Waals surface area contributed by atoms with Crippen LogP contribution in [0.4, 0.5) is 0 Å². The summed E-state index contributed by atoms with van der Waals surface area (Å²) in [4.78, 5) is 26.1. The zero-order valence-electron chi connectivity index (χ0n) is 22.4. The van der Waals surface area contributed by atoms with Gasteiger partial charge in [0.05, 0.1) is 26.7 Å². The number of benzene rings is 3. The quantitative estimate of drug-likeness (QED) is 0.248. The van der Waals surface area contributed by atoms with Gasteiger partial charge in [-0.15, -0.1) is 0 Å². The van der Waals surface area contributed by atoms with Crippen LogP contribution >= 0.6 is 0 Å². The van der Waals surface area contributed by atoms with Crippen molar-refractivity contribution in [3.63, 3.8) is 0 Å². The molecule has 2 bridgehead atoms. The zero-order chi connectivity index (χ0) is 27.3. The molecule has 3 heterocycles. The number of ether oxygens (including phenoxy) is 2. The van der Waals surface area contributed by atoms with Crippen molar-refractivity contribution in [3.05, 3.63) is 102 Å². The second-order valence-electron chi connectivity index (χ2n) is 10.7. The molecule has 0 radical (unpaired) electrons. The van der Waals surface area contributed by atoms with E-state index in [9.17, 15) is 14.7 Å². The predicted octanol–water partition coefficient (Wildman–Crippen LogP) is 3.27. The number of fused-ring (bicyclic) bond motifs is 3. The van der Waals surface area contributed by atoms with Gasteiger partial charge in [0.15, 0.2) is 6.10 Å². The molecule has 0 aliphatic carbocycles. The maximum absolute atomic E-state index is 14.3. The van der Waals surface area contributed by atoms with Crippen LogP contribution in [-0.2, 0) is 15.1 Å². The Kier molecular flexibility index (Phi) is 8.00. The number of amides is 1. The summed E-state index contributed by atoms with van der Waals surface area (Å²) >= 11 is 0.